The van der Waals surface area contributed by atoms with Crippen molar-refractivity contribution in [1.82, 2.24) is 5.32 Å². The molecule has 0 amide bonds. The van der Waals surface area contributed by atoms with Gasteiger partial charge in [-0.25, -0.2) is 0 Å². The van der Waals surface area contributed by atoms with Gasteiger partial charge in [0.15, 0.2) is 0 Å². The van der Waals surface area contributed by atoms with E-state index in [-0.39, 0.29) is 0 Å². The normalized spacial score (nSPS) is 9.75. The van der Waals surface area contributed by atoms with Crippen LogP contribution in [-0.2, 0) is 0 Å². The van der Waals surface area contributed by atoms with Crippen LogP contribution in [0.5, 0.6) is 5.75 Å². The van der Waals surface area contributed by atoms with Crippen LogP contribution in [0.2, 0.25) is 0 Å². The van der Waals surface area contributed by atoms with E-state index >= 15 is 0 Å². The fourth-order valence-corrected chi connectivity index (χ4v) is 0.835. The van der Waals surface area contributed by atoms with E-state index < -0.39 is 0 Å². The highest BCUT2D eigenvalue weighted by Gasteiger charge is 1.91. The van der Waals surface area contributed by atoms with E-state index in [0.717, 1.165) is 18.0 Å². The Morgan fingerprint density at radius 2 is 2.00 bits per heavy atom. The van der Waals surface area contributed by atoms with E-state index in [9.17, 15) is 0 Å². The van der Waals surface area contributed by atoms with Crippen molar-refractivity contribution in [3.8, 4) is 5.75 Å². The zero-order valence-electron chi connectivity index (χ0n) is 7.21. The van der Waals surface area contributed by atoms with Crippen LogP contribution in [0.1, 0.15) is 0 Å². The van der Waals surface area contributed by atoms with Gasteiger partial charge in [-0.2, -0.15) is 0 Å². The molecule has 0 aliphatic carbocycles. The number of anilines is 1. The molecule has 0 bridgehead atoms. The number of benzene rings is 1. The van der Waals surface area contributed by atoms with Crippen molar-refractivity contribution in [3.05, 3.63) is 24.3 Å². The molecule has 0 fully saturated rings. The van der Waals surface area contributed by atoms with Crippen molar-refractivity contribution in [2.24, 2.45) is 0 Å². The third kappa shape index (κ3) is 2.80. The maximum absolute atomic E-state index is 5.51. The van der Waals surface area contributed by atoms with Gasteiger partial charge in [-0.3, -0.25) is 0 Å². The summed E-state index contributed by atoms with van der Waals surface area (Å²) in [5.74, 6) is 0.861. The van der Waals surface area contributed by atoms with Crippen LogP contribution in [0, 0.1) is 0 Å². The number of hydrogen-bond donors (Lipinski definition) is 2. The van der Waals surface area contributed by atoms with Crippen LogP contribution in [-0.4, -0.2) is 20.2 Å². The molecular weight excluding hydrogens is 152 g/mol. The SMILES string of the molecule is CNCCOc1ccc(N)cc1. The Kier molecular flexibility index (Phi) is 3.41. The van der Waals surface area contributed by atoms with Gasteiger partial charge in [0, 0.05) is 12.2 Å². The Hall–Kier alpha value is -1.22. The number of nitrogen functional groups attached to an aromatic ring is 1. The lowest BCUT2D eigenvalue weighted by Crippen LogP contribution is -2.15. The van der Waals surface area contributed by atoms with Crippen LogP contribution in [0.25, 0.3) is 0 Å². The van der Waals surface area contributed by atoms with Crippen molar-refractivity contribution >= 4 is 5.69 Å². The molecule has 0 saturated heterocycles. The van der Waals surface area contributed by atoms with Crippen molar-refractivity contribution in [2.45, 2.75) is 0 Å². The highest BCUT2D eigenvalue weighted by Crippen LogP contribution is 2.12. The lowest BCUT2D eigenvalue weighted by atomic mass is 10.3. The number of hydrogen-bond acceptors (Lipinski definition) is 3. The van der Waals surface area contributed by atoms with Crippen molar-refractivity contribution < 1.29 is 4.74 Å². The van der Waals surface area contributed by atoms with E-state index in [0.29, 0.717) is 6.61 Å². The first kappa shape index (κ1) is 8.87. The molecule has 3 nitrogen and oxygen atoms in total. The van der Waals surface area contributed by atoms with Gasteiger partial charge in [0.2, 0.25) is 0 Å². The molecule has 0 aliphatic rings. The maximum atomic E-state index is 5.51. The number of nitrogens with one attached hydrogen (secondary N) is 1. The van der Waals surface area contributed by atoms with Crippen molar-refractivity contribution in [2.75, 3.05) is 25.9 Å². The average Bonchev–Trinajstić information content (AvgIpc) is 2.09. The van der Waals surface area contributed by atoms with Crippen LogP contribution in [0.4, 0.5) is 5.69 Å². The van der Waals surface area contributed by atoms with E-state index in [4.69, 9.17) is 10.5 Å². The summed E-state index contributed by atoms with van der Waals surface area (Å²) in [6.45, 7) is 1.53. The highest BCUT2D eigenvalue weighted by molar-refractivity contribution is 5.41. The minimum Gasteiger partial charge on any atom is -0.492 e. The maximum Gasteiger partial charge on any atom is 0.119 e. The van der Waals surface area contributed by atoms with Gasteiger partial charge < -0.3 is 15.8 Å². The van der Waals surface area contributed by atoms with Gasteiger partial charge in [-0.15, -0.1) is 0 Å². The van der Waals surface area contributed by atoms with Crippen molar-refractivity contribution in [3.63, 3.8) is 0 Å². The van der Waals surface area contributed by atoms with Gasteiger partial charge in [0.05, 0.1) is 0 Å². The molecule has 66 valence electrons. The van der Waals surface area contributed by atoms with Crippen LogP contribution in [0.3, 0.4) is 0 Å². The van der Waals surface area contributed by atoms with Gasteiger partial charge in [-0.05, 0) is 31.3 Å². The Bertz CT molecular complexity index is 220. The highest BCUT2D eigenvalue weighted by atomic mass is 16.5. The minimum absolute atomic E-state index is 0.681. The lowest BCUT2D eigenvalue weighted by molar-refractivity contribution is 0.318. The fraction of sp³-hybridized carbons (Fsp3) is 0.333. The predicted molar refractivity (Wildman–Crippen MR) is 50.3 cm³/mol. The zero-order chi connectivity index (χ0) is 8.81. The molecule has 3 N–H and O–H groups in total. The molecule has 0 radical (unpaired) electrons. The molecule has 0 saturated carbocycles. The second-order valence-corrected chi connectivity index (χ2v) is 2.52. The van der Waals surface area contributed by atoms with E-state index in [1.165, 1.54) is 0 Å². The summed E-state index contributed by atoms with van der Waals surface area (Å²) in [5, 5.41) is 3.00. The summed E-state index contributed by atoms with van der Waals surface area (Å²) in [6, 6.07) is 7.39. The van der Waals surface area contributed by atoms with E-state index in [1.807, 2.05) is 31.3 Å². The first-order chi connectivity index (χ1) is 5.83. The Morgan fingerprint density at radius 3 is 2.58 bits per heavy atom. The van der Waals surface area contributed by atoms with E-state index in [2.05, 4.69) is 5.32 Å². The summed E-state index contributed by atoms with van der Waals surface area (Å²) < 4.78 is 5.38. The second-order valence-electron chi connectivity index (χ2n) is 2.52. The third-order valence-electron chi connectivity index (χ3n) is 1.50. The summed E-state index contributed by atoms with van der Waals surface area (Å²) in [4.78, 5) is 0. The number of nitrogens with two attached hydrogens (primary N) is 1. The van der Waals surface area contributed by atoms with Gasteiger partial charge in [0.25, 0.3) is 0 Å². The Balaban J connectivity index is 2.37. The number of ether oxygens (including phenoxy) is 1. The second kappa shape index (κ2) is 4.62. The van der Waals surface area contributed by atoms with Crippen LogP contribution < -0.4 is 15.8 Å². The molecule has 0 aromatic heterocycles. The molecule has 3 heteroatoms. The molecular formula is C9H14N2O. The summed E-state index contributed by atoms with van der Waals surface area (Å²) in [7, 11) is 1.90. The molecule has 0 heterocycles. The zero-order valence-corrected chi connectivity index (χ0v) is 7.21. The molecule has 1 rings (SSSR count). The molecule has 0 aliphatic heterocycles. The Morgan fingerprint density at radius 1 is 1.33 bits per heavy atom. The Labute approximate surface area is 72.5 Å². The van der Waals surface area contributed by atoms with Gasteiger partial charge in [0.1, 0.15) is 12.4 Å². The quantitative estimate of drug-likeness (QED) is 0.515. The summed E-state index contributed by atoms with van der Waals surface area (Å²) >= 11 is 0. The first-order valence-electron chi connectivity index (χ1n) is 3.96. The molecule has 12 heavy (non-hydrogen) atoms. The smallest absolute Gasteiger partial charge is 0.119 e. The fourth-order valence-electron chi connectivity index (χ4n) is 0.835. The topological polar surface area (TPSA) is 47.3 Å². The summed E-state index contributed by atoms with van der Waals surface area (Å²) in [5.41, 5.74) is 6.27. The largest absolute Gasteiger partial charge is 0.492 e. The monoisotopic (exact) mass is 166 g/mol. The number of rotatable bonds is 4. The molecule has 0 atom stereocenters. The van der Waals surface area contributed by atoms with Crippen LogP contribution >= 0.6 is 0 Å². The number of likely N-dealkylation sites (N-methyl/N-ethyl adjacent to an activating group) is 1. The standard InChI is InChI=1S/C9H14N2O/c1-11-6-7-12-9-4-2-8(10)3-5-9/h2-5,11H,6-7,10H2,1H3. The molecule has 1 aromatic rings. The third-order valence-corrected chi connectivity index (χ3v) is 1.50. The predicted octanol–water partition coefficient (Wildman–Crippen LogP) is 0.867. The first-order valence-corrected chi connectivity index (χ1v) is 3.96. The van der Waals surface area contributed by atoms with Gasteiger partial charge >= 0.3 is 0 Å². The van der Waals surface area contributed by atoms with Gasteiger partial charge in [-0.1, -0.05) is 0 Å². The van der Waals surface area contributed by atoms with Crippen molar-refractivity contribution in [1.29, 1.82) is 0 Å². The van der Waals surface area contributed by atoms with Crippen LogP contribution in [0.15, 0.2) is 24.3 Å². The minimum atomic E-state index is 0.681. The lowest BCUT2D eigenvalue weighted by Gasteiger charge is -2.04. The summed E-state index contributed by atoms with van der Waals surface area (Å²) in [6.07, 6.45) is 0. The molecule has 1 aromatic carbocycles. The molecule has 0 unspecified atom stereocenters. The van der Waals surface area contributed by atoms with E-state index in [1.54, 1.807) is 0 Å². The average molecular weight is 166 g/mol. The molecule has 0 spiro atoms.